The molecule has 0 radical (unpaired) electrons. The summed E-state index contributed by atoms with van der Waals surface area (Å²) in [5.74, 6) is 0.450. The van der Waals surface area contributed by atoms with Crippen molar-refractivity contribution in [2.24, 2.45) is 12.5 Å². The van der Waals surface area contributed by atoms with Gasteiger partial charge in [0.15, 0.2) is 0 Å². The van der Waals surface area contributed by atoms with E-state index in [1.807, 2.05) is 39.3 Å². The summed E-state index contributed by atoms with van der Waals surface area (Å²) in [4.78, 5) is 12.1. The van der Waals surface area contributed by atoms with Crippen LogP contribution in [-0.2, 0) is 11.8 Å². The molecule has 1 N–H and O–H groups in total. The Balaban J connectivity index is 2.38. The number of hydrogen-bond donors (Lipinski definition) is 1. The number of carbonyl (C=O) groups excluding carboxylic acids is 1. The van der Waals surface area contributed by atoms with E-state index in [9.17, 15) is 9.18 Å². The zero-order chi connectivity index (χ0) is 15.1. The quantitative estimate of drug-likeness (QED) is 0.883. The number of aryl methyl sites for hydroxylation is 2. The smallest absolute Gasteiger partial charge is 0.226 e. The van der Waals surface area contributed by atoms with Gasteiger partial charge in [-0.25, -0.2) is 4.39 Å². The molecule has 4 heteroatoms. The SMILES string of the molecule is Cc1c(NC(=O)CC(C)(C)C)n(C)c2ccc(F)cc12. The fourth-order valence-electron chi connectivity index (χ4n) is 2.44. The highest BCUT2D eigenvalue weighted by molar-refractivity contribution is 5.97. The first-order valence-electron chi connectivity index (χ1n) is 6.73. The normalized spacial score (nSPS) is 11.9. The lowest BCUT2D eigenvalue weighted by molar-refractivity contribution is -0.117. The molecule has 1 amide bonds. The van der Waals surface area contributed by atoms with E-state index in [1.54, 1.807) is 6.07 Å². The van der Waals surface area contributed by atoms with Crippen LogP contribution in [0.1, 0.15) is 32.8 Å². The molecule has 0 saturated carbocycles. The van der Waals surface area contributed by atoms with Crippen molar-refractivity contribution in [3.8, 4) is 0 Å². The Labute approximate surface area is 118 Å². The first kappa shape index (κ1) is 14.6. The summed E-state index contributed by atoms with van der Waals surface area (Å²) in [6, 6.07) is 4.67. The van der Waals surface area contributed by atoms with Crippen LogP contribution >= 0.6 is 0 Å². The summed E-state index contributed by atoms with van der Waals surface area (Å²) in [5.41, 5.74) is 1.74. The second-order valence-electron chi connectivity index (χ2n) is 6.48. The highest BCUT2D eigenvalue weighted by Crippen LogP contribution is 2.30. The lowest BCUT2D eigenvalue weighted by Crippen LogP contribution is -2.21. The molecule has 2 rings (SSSR count). The maximum Gasteiger partial charge on any atom is 0.226 e. The fourth-order valence-corrected chi connectivity index (χ4v) is 2.44. The van der Waals surface area contributed by atoms with Crippen LogP contribution in [0.15, 0.2) is 18.2 Å². The van der Waals surface area contributed by atoms with Crippen LogP contribution in [0.25, 0.3) is 10.9 Å². The van der Waals surface area contributed by atoms with Crippen molar-refractivity contribution in [1.82, 2.24) is 4.57 Å². The highest BCUT2D eigenvalue weighted by Gasteiger charge is 2.19. The Morgan fingerprint density at radius 2 is 2.00 bits per heavy atom. The number of nitrogens with one attached hydrogen (secondary N) is 1. The average molecular weight is 276 g/mol. The van der Waals surface area contributed by atoms with Gasteiger partial charge in [-0.05, 0) is 36.1 Å². The third-order valence-electron chi connectivity index (χ3n) is 3.36. The zero-order valence-electron chi connectivity index (χ0n) is 12.7. The molecular weight excluding hydrogens is 255 g/mol. The van der Waals surface area contributed by atoms with Crippen molar-refractivity contribution in [3.05, 3.63) is 29.6 Å². The molecule has 1 aromatic carbocycles. The number of benzene rings is 1. The maximum atomic E-state index is 13.3. The van der Waals surface area contributed by atoms with Crippen LogP contribution in [0.5, 0.6) is 0 Å². The molecule has 0 bridgehead atoms. The predicted molar refractivity (Wildman–Crippen MR) is 80.3 cm³/mol. The van der Waals surface area contributed by atoms with Gasteiger partial charge in [-0.2, -0.15) is 0 Å². The molecule has 0 atom stereocenters. The van der Waals surface area contributed by atoms with Gasteiger partial charge >= 0.3 is 0 Å². The lowest BCUT2D eigenvalue weighted by atomic mass is 9.92. The second-order valence-corrected chi connectivity index (χ2v) is 6.48. The van der Waals surface area contributed by atoms with E-state index in [0.717, 1.165) is 22.3 Å². The standard InChI is InChI=1S/C16H21FN2O/c1-10-12-8-11(17)6-7-13(12)19(5)15(10)18-14(20)9-16(2,3)4/h6-8H,9H2,1-5H3,(H,18,20). The third kappa shape index (κ3) is 2.84. The van der Waals surface area contributed by atoms with Gasteiger partial charge in [0.25, 0.3) is 0 Å². The maximum absolute atomic E-state index is 13.3. The number of nitrogens with zero attached hydrogens (tertiary/aromatic N) is 1. The Morgan fingerprint density at radius 3 is 2.60 bits per heavy atom. The molecule has 20 heavy (non-hydrogen) atoms. The van der Waals surface area contributed by atoms with Gasteiger partial charge in [0, 0.05) is 24.4 Å². The van der Waals surface area contributed by atoms with Crippen molar-refractivity contribution in [2.75, 3.05) is 5.32 Å². The molecule has 0 aliphatic heterocycles. The van der Waals surface area contributed by atoms with Crippen LogP contribution in [-0.4, -0.2) is 10.5 Å². The molecule has 2 aromatic rings. The molecule has 0 spiro atoms. The summed E-state index contributed by atoms with van der Waals surface area (Å²) >= 11 is 0. The number of aromatic nitrogens is 1. The summed E-state index contributed by atoms with van der Waals surface area (Å²) in [5, 5.41) is 3.78. The second kappa shape index (κ2) is 4.93. The molecule has 3 nitrogen and oxygen atoms in total. The van der Waals surface area contributed by atoms with Crippen molar-refractivity contribution in [2.45, 2.75) is 34.1 Å². The predicted octanol–water partition coefficient (Wildman–Crippen LogP) is 4.00. The number of amides is 1. The molecule has 1 heterocycles. The van der Waals surface area contributed by atoms with Crippen molar-refractivity contribution in [1.29, 1.82) is 0 Å². The van der Waals surface area contributed by atoms with Gasteiger partial charge in [-0.3, -0.25) is 4.79 Å². The minimum Gasteiger partial charge on any atom is -0.330 e. The van der Waals surface area contributed by atoms with Crippen LogP contribution in [0.2, 0.25) is 0 Å². The number of anilines is 1. The van der Waals surface area contributed by atoms with Crippen LogP contribution in [0, 0.1) is 18.2 Å². The van der Waals surface area contributed by atoms with Crippen LogP contribution in [0.4, 0.5) is 10.2 Å². The topological polar surface area (TPSA) is 34.0 Å². The number of fused-ring (bicyclic) bond motifs is 1. The summed E-state index contributed by atoms with van der Waals surface area (Å²) in [6.45, 7) is 7.97. The van der Waals surface area contributed by atoms with Crippen molar-refractivity contribution >= 4 is 22.6 Å². The first-order chi connectivity index (χ1) is 9.19. The van der Waals surface area contributed by atoms with Crippen LogP contribution in [0.3, 0.4) is 0 Å². The monoisotopic (exact) mass is 276 g/mol. The molecule has 0 unspecified atom stereocenters. The van der Waals surface area contributed by atoms with E-state index in [1.165, 1.54) is 12.1 Å². The van der Waals surface area contributed by atoms with E-state index < -0.39 is 0 Å². The van der Waals surface area contributed by atoms with Gasteiger partial charge in [0.1, 0.15) is 11.6 Å². The van der Waals surface area contributed by atoms with E-state index in [-0.39, 0.29) is 17.1 Å². The summed E-state index contributed by atoms with van der Waals surface area (Å²) in [7, 11) is 1.87. The van der Waals surface area contributed by atoms with Gasteiger partial charge in [0.2, 0.25) is 5.91 Å². The van der Waals surface area contributed by atoms with Crippen molar-refractivity contribution in [3.63, 3.8) is 0 Å². The fraction of sp³-hybridized carbons (Fsp3) is 0.438. The first-order valence-corrected chi connectivity index (χ1v) is 6.73. The lowest BCUT2D eigenvalue weighted by Gasteiger charge is -2.17. The summed E-state index contributed by atoms with van der Waals surface area (Å²) < 4.78 is 15.2. The minimum atomic E-state index is -0.265. The highest BCUT2D eigenvalue weighted by atomic mass is 19.1. The molecule has 0 aliphatic carbocycles. The number of halogens is 1. The Hall–Kier alpha value is -1.84. The van der Waals surface area contributed by atoms with Gasteiger partial charge < -0.3 is 9.88 Å². The van der Waals surface area contributed by atoms with Gasteiger partial charge in [-0.1, -0.05) is 20.8 Å². The largest absolute Gasteiger partial charge is 0.330 e. The van der Waals surface area contributed by atoms with E-state index in [2.05, 4.69) is 5.32 Å². The zero-order valence-corrected chi connectivity index (χ0v) is 12.7. The number of hydrogen-bond acceptors (Lipinski definition) is 1. The van der Waals surface area contributed by atoms with E-state index in [0.29, 0.717) is 6.42 Å². The Kier molecular flexibility index (Phi) is 3.59. The molecule has 0 fully saturated rings. The Bertz CT molecular complexity index is 665. The molecule has 108 valence electrons. The molecular formula is C16H21FN2O. The summed E-state index contributed by atoms with van der Waals surface area (Å²) in [6.07, 6.45) is 0.447. The van der Waals surface area contributed by atoms with Crippen molar-refractivity contribution < 1.29 is 9.18 Å². The third-order valence-corrected chi connectivity index (χ3v) is 3.36. The Morgan fingerprint density at radius 1 is 1.35 bits per heavy atom. The number of rotatable bonds is 2. The molecule has 1 aromatic heterocycles. The average Bonchev–Trinajstić information content (AvgIpc) is 2.52. The molecule has 0 saturated heterocycles. The van der Waals surface area contributed by atoms with E-state index in [4.69, 9.17) is 0 Å². The van der Waals surface area contributed by atoms with E-state index >= 15 is 0 Å². The van der Waals surface area contributed by atoms with Crippen LogP contribution < -0.4 is 5.32 Å². The van der Waals surface area contributed by atoms with Gasteiger partial charge in [-0.15, -0.1) is 0 Å². The van der Waals surface area contributed by atoms with Gasteiger partial charge in [0.05, 0.1) is 0 Å². The molecule has 0 aliphatic rings. The number of carbonyl (C=O) groups is 1. The minimum absolute atomic E-state index is 0.0213.